The number of aromatic amines is 2. The average molecular weight is 821 g/mol. The quantitative estimate of drug-likeness (QED) is 0.106. The van der Waals surface area contributed by atoms with Gasteiger partial charge in [0.15, 0.2) is 0 Å². The second kappa shape index (κ2) is 17.6. The summed E-state index contributed by atoms with van der Waals surface area (Å²) in [5, 5.41) is 4.79. The molecule has 0 radical (unpaired) electrons. The Morgan fingerprint density at radius 1 is 0.770 bits per heavy atom. The predicted octanol–water partition coefficient (Wildman–Crippen LogP) is 7.72. The van der Waals surface area contributed by atoms with Crippen LogP contribution < -0.4 is 5.32 Å². The van der Waals surface area contributed by atoms with Gasteiger partial charge in [-0.15, -0.1) is 0 Å². The average Bonchev–Trinajstić information content (AvgIpc) is 4.12. The molecule has 2 saturated heterocycles. The van der Waals surface area contributed by atoms with E-state index in [1.165, 1.54) is 7.11 Å². The molecule has 314 valence electrons. The normalized spacial score (nSPS) is 18.8. The van der Waals surface area contributed by atoms with Gasteiger partial charge in [-0.05, 0) is 84.4 Å². The second-order valence-corrected chi connectivity index (χ2v) is 16.6. The molecule has 61 heavy (non-hydrogen) atoms. The maximum absolute atomic E-state index is 13.9. The van der Waals surface area contributed by atoms with Crippen LogP contribution in [0, 0.1) is 11.8 Å². The molecule has 2 aliphatic rings. The van der Waals surface area contributed by atoms with Gasteiger partial charge in [-0.3, -0.25) is 14.5 Å². The number of likely N-dealkylation sites (tertiary alicyclic amines) is 2. The number of alkyl carbamates (subject to hydrolysis) is 1. The number of nitrogens with one attached hydrogen (secondary N) is 3. The van der Waals surface area contributed by atoms with Crippen LogP contribution in [0.2, 0.25) is 0 Å². The van der Waals surface area contributed by atoms with Crippen molar-refractivity contribution in [3.8, 4) is 33.6 Å². The Balaban J connectivity index is 0.961. The lowest BCUT2D eigenvalue weighted by Crippen LogP contribution is -2.51. The number of amides is 3. The first-order valence-corrected chi connectivity index (χ1v) is 20.9. The lowest BCUT2D eigenvalue weighted by Gasteiger charge is -2.31. The summed E-state index contributed by atoms with van der Waals surface area (Å²) in [4.78, 5) is 73.9. The summed E-state index contributed by atoms with van der Waals surface area (Å²) in [6, 6.07) is 29.1. The highest BCUT2D eigenvalue weighted by molar-refractivity contribution is 5.91. The molecule has 2 aliphatic heterocycles. The standard InChI is InChI=1S/C48H52N8O5/c1-29(2)41(53-48(60)61-5)46(58)56-23-21-37(28-57)42(56)45-50-27-39(52-45)36-20-19-34-24-33(17-18-35(34)25-36)30-13-15-31(16-14-30)38-26-49-44(51-38)40-12-9-22-55(40)47(59)43(54(3)4)32-10-7-6-8-11-32/h6-8,10-11,13-20,24-29,37,40-43H,9,12,21-23H2,1-5H3,(H,49,51)(H,50,52)(H,53,60)/t37?,40-,41-,42-,43+/m0/s1. The minimum Gasteiger partial charge on any atom is -0.453 e. The molecule has 0 spiro atoms. The number of hydrogen-bond donors (Lipinski definition) is 3. The minimum atomic E-state index is -0.808. The van der Waals surface area contributed by atoms with Gasteiger partial charge in [0.2, 0.25) is 11.8 Å². The van der Waals surface area contributed by atoms with Gasteiger partial charge in [0.1, 0.15) is 30.0 Å². The summed E-state index contributed by atoms with van der Waals surface area (Å²) in [6.45, 7) is 4.78. The maximum atomic E-state index is 13.9. The molecule has 2 aromatic heterocycles. The van der Waals surface area contributed by atoms with E-state index in [1.807, 2.05) is 80.3 Å². The monoisotopic (exact) mass is 820 g/mol. The van der Waals surface area contributed by atoms with E-state index in [4.69, 9.17) is 9.72 Å². The third-order valence-electron chi connectivity index (χ3n) is 12.2. The molecule has 13 nitrogen and oxygen atoms in total. The summed E-state index contributed by atoms with van der Waals surface area (Å²) in [6.07, 6.45) is 6.09. The highest BCUT2D eigenvalue weighted by Crippen LogP contribution is 2.38. The number of benzene rings is 4. The van der Waals surface area contributed by atoms with Gasteiger partial charge in [0.05, 0.1) is 43.0 Å². The summed E-state index contributed by atoms with van der Waals surface area (Å²) in [7, 11) is 5.16. The van der Waals surface area contributed by atoms with E-state index in [0.717, 1.165) is 74.9 Å². The van der Waals surface area contributed by atoms with Crippen molar-refractivity contribution in [2.75, 3.05) is 34.3 Å². The second-order valence-electron chi connectivity index (χ2n) is 16.6. The van der Waals surface area contributed by atoms with Crippen LogP contribution in [0.3, 0.4) is 0 Å². The third kappa shape index (κ3) is 8.30. The molecule has 6 aromatic rings. The number of aldehydes is 1. The van der Waals surface area contributed by atoms with E-state index in [-0.39, 0.29) is 29.8 Å². The number of carbonyl (C=O) groups excluding carboxylic acids is 4. The molecule has 4 aromatic carbocycles. The summed E-state index contributed by atoms with van der Waals surface area (Å²) in [5.41, 5.74) is 6.76. The fourth-order valence-corrected chi connectivity index (χ4v) is 8.92. The van der Waals surface area contributed by atoms with Crippen molar-refractivity contribution >= 4 is 35.0 Å². The summed E-state index contributed by atoms with van der Waals surface area (Å²) in [5.74, 6) is 0.511. The van der Waals surface area contributed by atoms with Crippen LogP contribution in [-0.2, 0) is 19.1 Å². The lowest BCUT2D eigenvalue weighted by molar-refractivity contribution is -0.137. The van der Waals surface area contributed by atoms with Crippen molar-refractivity contribution in [1.82, 2.24) is 40.0 Å². The Kier molecular flexibility index (Phi) is 11.8. The topological polar surface area (TPSA) is 157 Å². The number of methoxy groups -OCH3 is 1. The zero-order valence-corrected chi connectivity index (χ0v) is 35.2. The maximum Gasteiger partial charge on any atom is 0.407 e. The predicted molar refractivity (Wildman–Crippen MR) is 234 cm³/mol. The Hall–Kier alpha value is -6.60. The van der Waals surface area contributed by atoms with E-state index >= 15 is 0 Å². The molecule has 2 fully saturated rings. The van der Waals surface area contributed by atoms with Gasteiger partial charge in [-0.2, -0.15) is 0 Å². The molecule has 13 heteroatoms. The molecular formula is C48H52N8O5. The number of imidazole rings is 2. The smallest absolute Gasteiger partial charge is 0.407 e. The van der Waals surface area contributed by atoms with Gasteiger partial charge in [-0.25, -0.2) is 14.8 Å². The molecule has 5 atom stereocenters. The number of H-pyrrole nitrogens is 2. The molecule has 0 saturated carbocycles. The zero-order chi connectivity index (χ0) is 42.8. The number of fused-ring (bicyclic) bond motifs is 1. The molecule has 0 bridgehead atoms. The van der Waals surface area contributed by atoms with Crippen molar-refractivity contribution in [2.24, 2.45) is 11.8 Å². The van der Waals surface area contributed by atoms with Gasteiger partial charge >= 0.3 is 6.09 Å². The van der Waals surface area contributed by atoms with Crippen molar-refractivity contribution in [2.45, 2.75) is 57.3 Å². The van der Waals surface area contributed by atoms with Crippen molar-refractivity contribution in [1.29, 1.82) is 0 Å². The number of ether oxygens (including phenoxy) is 1. The number of aromatic nitrogens is 4. The summed E-state index contributed by atoms with van der Waals surface area (Å²) < 4.78 is 4.76. The third-order valence-corrected chi connectivity index (χ3v) is 12.2. The van der Waals surface area contributed by atoms with Crippen LogP contribution in [0.1, 0.15) is 68.4 Å². The molecular weight excluding hydrogens is 769 g/mol. The van der Waals surface area contributed by atoms with Gasteiger partial charge < -0.3 is 34.6 Å². The Morgan fingerprint density at radius 2 is 1.39 bits per heavy atom. The van der Waals surface area contributed by atoms with Gasteiger partial charge in [0, 0.05) is 24.6 Å². The summed E-state index contributed by atoms with van der Waals surface area (Å²) >= 11 is 0. The van der Waals surface area contributed by atoms with Crippen LogP contribution in [-0.4, -0.2) is 99.2 Å². The first-order chi connectivity index (χ1) is 29.5. The number of rotatable bonds is 12. The van der Waals surface area contributed by atoms with Crippen LogP contribution in [0.5, 0.6) is 0 Å². The fourth-order valence-electron chi connectivity index (χ4n) is 8.92. The van der Waals surface area contributed by atoms with Gasteiger partial charge in [0.25, 0.3) is 0 Å². The molecule has 3 amide bonds. The van der Waals surface area contributed by atoms with Crippen LogP contribution in [0.15, 0.2) is 103 Å². The molecule has 1 unspecified atom stereocenters. The van der Waals surface area contributed by atoms with Crippen LogP contribution in [0.4, 0.5) is 4.79 Å². The van der Waals surface area contributed by atoms with E-state index in [0.29, 0.717) is 25.3 Å². The largest absolute Gasteiger partial charge is 0.453 e. The molecule has 3 N–H and O–H groups in total. The number of nitrogens with zero attached hydrogens (tertiary/aromatic N) is 5. The van der Waals surface area contributed by atoms with Crippen molar-refractivity contribution in [3.05, 3.63) is 121 Å². The zero-order valence-electron chi connectivity index (χ0n) is 35.2. The van der Waals surface area contributed by atoms with Crippen LogP contribution in [0.25, 0.3) is 44.4 Å². The van der Waals surface area contributed by atoms with Crippen molar-refractivity contribution < 1.29 is 23.9 Å². The lowest BCUT2D eigenvalue weighted by atomic mass is 9.98. The Morgan fingerprint density at radius 3 is 2.07 bits per heavy atom. The Bertz CT molecular complexity index is 2530. The molecule has 0 aliphatic carbocycles. The Labute approximate surface area is 355 Å². The van der Waals surface area contributed by atoms with E-state index in [1.54, 1.807) is 11.1 Å². The van der Waals surface area contributed by atoms with Crippen LogP contribution >= 0.6 is 0 Å². The number of hydrogen-bond acceptors (Lipinski definition) is 8. The SMILES string of the molecule is COC(=O)N[C@H](C(=O)N1CCC(C=O)[C@H]1c1ncc(-c2ccc3cc(-c4ccc(-c5cnc([C@@H]6CCCN6C(=O)[C@@H](c6ccccc6)N(C)C)[nH]5)cc4)ccc3c2)[nH]1)C(C)C. The highest BCUT2D eigenvalue weighted by Gasteiger charge is 2.43. The van der Waals surface area contributed by atoms with E-state index in [2.05, 4.69) is 74.9 Å². The number of likely N-dealkylation sites (N-methyl/N-ethyl adjacent to an activating group) is 1. The number of carbonyl (C=O) groups is 4. The minimum absolute atomic E-state index is 0.0886. The first-order valence-electron chi connectivity index (χ1n) is 20.9. The van der Waals surface area contributed by atoms with Gasteiger partial charge in [-0.1, -0.05) is 92.7 Å². The van der Waals surface area contributed by atoms with Crippen molar-refractivity contribution in [3.63, 3.8) is 0 Å². The fraction of sp³-hybridized carbons (Fsp3) is 0.333. The molecule has 4 heterocycles. The molecule has 8 rings (SSSR count). The first kappa shape index (κ1) is 41.1. The van der Waals surface area contributed by atoms with E-state index in [9.17, 15) is 19.2 Å². The highest BCUT2D eigenvalue weighted by atomic mass is 16.5. The van der Waals surface area contributed by atoms with E-state index < -0.39 is 24.1 Å².